The van der Waals surface area contributed by atoms with E-state index in [0.717, 1.165) is 41.2 Å². The molecule has 2 aromatic rings. The number of nitrogens with one attached hydrogen (secondary N) is 2. The Morgan fingerprint density at radius 3 is 2.74 bits per heavy atom. The summed E-state index contributed by atoms with van der Waals surface area (Å²) in [6.45, 7) is 4.62. The van der Waals surface area contributed by atoms with Gasteiger partial charge in [-0.2, -0.15) is 0 Å². The minimum absolute atomic E-state index is 0. The molecule has 0 spiro atoms. The van der Waals surface area contributed by atoms with Crippen LogP contribution in [0.5, 0.6) is 5.75 Å². The number of hydrogen-bond acceptors (Lipinski definition) is 4. The third kappa shape index (κ3) is 8.42. The van der Waals surface area contributed by atoms with E-state index in [-0.39, 0.29) is 30.1 Å². The highest BCUT2D eigenvalue weighted by Crippen LogP contribution is 2.22. The average molecular weight is 557 g/mol. The van der Waals surface area contributed by atoms with Gasteiger partial charge in [-0.15, -0.1) is 24.0 Å². The molecule has 0 amide bonds. The van der Waals surface area contributed by atoms with Gasteiger partial charge in [0, 0.05) is 43.0 Å². The standard InChI is InChI=1S/C23H31N3O3S.HI/c1-18-10-11-19(22(15-18)29-17-20-7-6-13-28-20)16-26-23(24-2)25-12-14-30(27)21-8-4-3-5-9-21;/h3-5,8-11,15,20H,6-7,12-14,16-17H2,1-2H3,(H2,24,25,26);1H. The minimum Gasteiger partial charge on any atom is -0.491 e. The van der Waals surface area contributed by atoms with Gasteiger partial charge in [0.15, 0.2) is 5.96 Å². The molecular weight excluding hydrogens is 525 g/mol. The molecule has 2 atom stereocenters. The van der Waals surface area contributed by atoms with Crippen molar-refractivity contribution in [1.82, 2.24) is 10.6 Å². The van der Waals surface area contributed by atoms with Crippen LogP contribution in [-0.4, -0.2) is 48.8 Å². The molecule has 170 valence electrons. The van der Waals surface area contributed by atoms with Crippen molar-refractivity contribution in [2.24, 2.45) is 4.99 Å². The number of halogens is 1. The third-order valence-corrected chi connectivity index (χ3v) is 6.30. The number of aliphatic imine (C=N–C) groups is 1. The fraction of sp³-hybridized carbons (Fsp3) is 0.435. The van der Waals surface area contributed by atoms with Crippen molar-refractivity contribution in [1.29, 1.82) is 0 Å². The van der Waals surface area contributed by atoms with Crippen LogP contribution in [0.2, 0.25) is 0 Å². The van der Waals surface area contributed by atoms with Crippen LogP contribution in [0, 0.1) is 6.92 Å². The quantitative estimate of drug-likeness (QED) is 0.280. The van der Waals surface area contributed by atoms with Gasteiger partial charge < -0.3 is 20.1 Å². The van der Waals surface area contributed by atoms with Gasteiger partial charge in [-0.3, -0.25) is 9.20 Å². The second-order valence-corrected chi connectivity index (χ2v) is 8.84. The molecule has 2 aromatic carbocycles. The summed E-state index contributed by atoms with van der Waals surface area (Å²) in [6.07, 6.45) is 2.35. The van der Waals surface area contributed by atoms with Gasteiger partial charge in [-0.1, -0.05) is 30.3 Å². The third-order valence-electron chi connectivity index (χ3n) is 4.93. The van der Waals surface area contributed by atoms with Crippen LogP contribution in [0.3, 0.4) is 0 Å². The molecule has 2 N–H and O–H groups in total. The van der Waals surface area contributed by atoms with Crippen LogP contribution < -0.4 is 15.4 Å². The van der Waals surface area contributed by atoms with Crippen molar-refractivity contribution in [2.75, 3.05) is 32.6 Å². The van der Waals surface area contributed by atoms with Gasteiger partial charge >= 0.3 is 0 Å². The van der Waals surface area contributed by atoms with E-state index in [9.17, 15) is 4.21 Å². The van der Waals surface area contributed by atoms with E-state index in [1.807, 2.05) is 30.3 Å². The van der Waals surface area contributed by atoms with Crippen LogP contribution in [0.25, 0.3) is 0 Å². The molecule has 1 fully saturated rings. The van der Waals surface area contributed by atoms with Crippen LogP contribution in [0.1, 0.15) is 24.0 Å². The Kier molecular flexibility index (Phi) is 11.3. The highest BCUT2D eigenvalue weighted by Gasteiger charge is 2.17. The Morgan fingerprint density at radius 1 is 1.23 bits per heavy atom. The first kappa shape index (κ1) is 25.6. The van der Waals surface area contributed by atoms with E-state index < -0.39 is 10.8 Å². The number of guanidine groups is 1. The predicted octanol–water partition coefficient (Wildman–Crippen LogP) is 3.64. The molecule has 8 heteroatoms. The molecular formula is C23H32IN3O3S. The Bertz CT molecular complexity index is 858. The summed E-state index contributed by atoms with van der Waals surface area (Å²) in [7, 11) is 0.700. The number of aryl methyl sites for hydroxylation is 1. The second kappa shape index (κ2) is 13.7. The van der Waals surface area contributed by atoms with E-state index in [0.29, 0.717) is 31.4 Å². The molecule has 31 heavy (non-hydrogen) atoms. The average Bonchev–Trinajstić information content (AvgIpc) is 3.29. The number of nitrogens with zero attached hydrogens (tertiary/aromatic N) is 1. The highest BCUT2D eigenvalue weighted by molar-refractivity contribution is 14.0. The Hall–Kier alpha value is -1.65. The summed E-state index contributed by atoms with van der Waals surface area (Å²) in [4.78, 5) is 5.11. The lowest BCUT2D eigenvalue weighted by molar-refractivity contribution is 0.0676. The first-order valence-electron chi connectivity index (χ1n) is 10.4. The fourth-order valence-electron chi connectivity index (χ4n) is 3.25. The lowest BCUT2D eigenvalue weighted by Crippen LogP contribution is -2.38. The second-order valence-electron chi connectivity index (χ2n) is 7.27. The number of benzene rings is 2. The molecule has 3 rings (SSSR count). The lowest BCUT2D eigenvalue weighted by Gasteiger charge is -2.17. The molecule has 6 nitrogen and oxygen atoms in total. The summed E-state index contributed by atoms with van der Waals surface area (Å²) in [5.74, 6) is 2.06. The maximum atomic E-state index is 12.3. The summed E-state index contributed by atoms with van der Waals surface area (Å²) in [5.41, 5.74) is 2.22. The number of ether oxygens (including phenoxy) is 2. The lowest BCUT2D eigenvalue weighted by atomic mass is 10.1. The maximum Gasteiger partial charge on any atom is 0.191 e. The van der Waals surface area contributed by atoms with E-state index in [1.165, 1.54) is 0 Å². The fourth-order valence-corrected chi connectivity index (χ4v) is 4.24. The van der Waals surface area contributed by atoms with Gasteiger partial charge in [-0.25, -0.2) is 0 Å². The molecule has 1 heterocycles. The molecule has 1 aliphatic rings. The van der Waals surface area contributed by atoms with Crippen molar-refractivity contribution in [2.45, 2.75) is 37.3 Å². The van der Waals surface area contributed by atoms with E-state index in [1.54, 1.807) is 7.05 Å². The Morgan fingerprint density at radius 2 is 2.03 bits per heavy atom. The van der Waals surface area contributed by atoms with Crippen LogP contribution in [0.15, 0.2) is 58.4 Å². The zero-order valence-corrected chi connectivity index (χ0v) is 21.3. The van der Waals surface area contributed by atoms with Gasteiger partial charge in [-0.05, 0) is 43.5 Å². The van der Waals surface area contributed by atoms with Crippen LogP contribution in [-0.2, 0) is 22.1 Å². The van der Waals surface area contributed by atoms with E-state index >= 15 is 0 Å². The Balaban J connectivity index is 0.00000341. The number of rotatable bonds is 9. The van der Waals surface area contributed by atoms with E-state index in [4.69, 9.17) is 9.47 Å². The zero-order valence-electron chi connectivity index (χ0n) is 18.1. The van der Waals surface area contributed by atoms with Crippen molar-refractivity contribution in [3.05, 3.63) is 59.7 Å². The minimum atomic E-state index is -1.03. The molecule has 0 saturated carbocycles. The van der Waals surface area contributed by atoms with Crippen molar-refractivity contribution in [3.63, 3.8) is 0 Å². The monoisotopic (exact) mass is 557 g/mol. The van der Waals surface area contributed by atoms with Crippen molar-refractivity contribution in [3.8, 4) is 5.75 Å². The predicted molar refractivity (Wildman–Crippen MR) is 137 cm³/mol. The summed E-state index contributed by atoms with van der Waals surface area (Å²) < 4.78 is 24.1. The SMILES string of the molecule is CN=C(NCCS(=O)c1ccccc1)NCc1ccc(C)cc1OCC1CCCO1.I. The largest absolute Gasteiger partial charge is 0.491 e. The first-order valence-corrected chi connectivity index (χ1v) is 11.7. The van der Waals surface area contributed by atoms with Crippen molar-refractivity contribution < 1.29 is 13.7 Å². The normalized spacial score (nSPS) is 17.0. The van der Waals surface area contributed by atoms with Gasteiger partial charge in [0.25, 0.3) is 0 Å². The Labute approximate surface area is 204 Å². The number of hydrogen-bond donors (Lipinski definition) is 2. The summed E-state index contributed by atoms with van der Waals surface area (Å²) in [5, 5.41) is 6.55. The van der Waals surface area contributed by atoms with Gasteiger partial charge in [0.1, 0.15) is 12.4 Å². The van der Waals surface area contributed by atoms with Crippen LogP contribution in [0.4, 0.5) is 0 Å². The molecule has 2 unspecified atom stereocenters. The van der Waals surface area contributed by atoms with Gasteiger partial charge in [0.2, 0.25) is 0 Å². The zero-order chi connectivity index (χ0) is 21.2. The first-order chi connectivity index (χ1) is 14.7. The maximum absolute atomic E-state index is 12.3. The molecule has 0 aromatic heterocycles. The molecule has 0 bridgehead atoms. The summed E-state index contributed by atoms with van der Waals surface area (Å²) >= 11 is 0. The molecule has 1 saturated heterocycles. The van der Waals surface area contributed by atoms with Crippen LogP contribution >= 0.6 is 24.0 Å². The smallest absolute Gasteiger partial charge is 0.191 e. The van der Waals surface area contributed by atoms with Crippen molar-refractivity contribution >= 4 is 40.7 Å². The van der Waals surface area contributed by atoms with Gasteiger partial charge in [0.05, 0.1) is 16.9 Å². The molecule has 0 aliphatic carbocycles. The summed E-state index contributed by atoms with van der Waals surface area (Å²) in [6, 6.07) is 15.7. The highest BCUT2D eigenvalue weighted by atomic mass is 127. The topological polar surface area (TPSA) is 72.0 Å². The molecule has 1 aliphatic heterocycles. The van der Waals surface area contributed by atoms with E-state index in [2.05, 4.69) is 40.7 Å². The molecule has 0 radical (unpaired) electrons.